The maximum Gasteiger partial charge on any atom is 0.164 e. The topological polar surface area (TPSA) is 71.9 Å². The average Bonchev–Trinajstić information content (AvgIpc) is 2.33. The molecule has 0 aliphatic carbocycles. The number of benzene rings is 1. The number of nitrogens with two attached hydrogens (primary N) is 1. The van der Waals surface area contributed by atoms with E-state index in [1.807, 2.05) is 19.1 Å². The average molecular weight is 318 g/mol. The molecule has 0 radical (unpaired) electrons. The van der Waals surface area contributed by atoms with Crippen molar-refractivity contribution in [2.24, 2.45) is 0 Å². The lowest BCUT2D eigenvalue weighted by atomic mass is 10.2. The van der Waals surface area contributed by atoms with Gasteiger partial charge in [0.15, 0.2) is 5.75 Å². The van der Waals surface area contributed by atoms with Crippen LogP contribution in [0.3, 0.4) is 0 Å². The lowest BCUT2D eigenvalue weighted by Crippen LogP contribution is -1.98. The van der Waals surface area contributed by atoms with Crippen LogP contribution in [-0.4, -0.2) is 4.98 Å². The van der Waals surface area contributed by atoms with E-state index in [9.17, 15) is 5.26 Å². The van der Waals surface area contributed by atoms with Crippen molar-refractivity contribution in [3.05, 3.63) is 45.7 Å². The summed E-state index contributed by atoms with van der Waals surface area (Å²) in [6.07, 6.45) is 0. The Balaban J connectivity index is 2.53. The molecule has 1 heterocycles. The molecule has 2 N–H and O–H groups in total. The smallest absolute Gasteiger partial charge is 0.164 e. The first-order valence-electron chi connectivity index (χ1n) is 5.63. The van der Waals surface area contributed by atoms with E-state index in [4.69, 9.17) is 10.5 Å². The highest BCUT2D eigenvalue weighted by molar-refractivity contribution is 9.10. The molecule has 2 aromatic rings. The first-order chi connectivity index (χ1) is 9.02. The second kappa shape index (κ2) is 5.29. The number of nitriles is 1. The van der Waals surface area contributed by atoms with Crippen molar-refractivity contribution in [2.45, 2.75) is 13.8 Å². The largest absolute Gasteiger partial charge is 0.452 e. The van der Waals surface area contributed by atoms with Crippen molar-refractivity contribution in [2.75, 3.05) is 5.73 Å². The second-order valence-electron chi connectivity index (χ2n) is 4.09. The van der Waals surface area contributed by atoms with Crippen LogP contribution in [0.1, 0.15) is 17.0 Å². The van der Waals surface area contributed by atoms with E-state index in [1.165, 1.54) is 0 Å². The molecule has 0 spiro atoms. The number of nitrogens with zero attached hydrogens (tertiary/aromatic N) is 2. The van der Waals surface area contributed by atoms with Gasteiger partial charge in [-0.05, 0) is 41.9 Å². The van der Waals surface area contributed by atoms with Gasteiger partial charge in [0.25, 0.3) is 0 Å². The molecule has 0 fully saturated rings. The summed E-state index contributed by atoms with van der Waals surface area (Å²) in [5.41, 5.74) is 8.24. The molecule has 0 unspecified atom stereocenters. The molecule has 19 heavy (non-hydrogen) atoms. The lowest BCUT2D eigenvalue weighted by Gasteiger charge is -2.13. The quantitative estimate of drug-likeness (QED) is 0.857. The Morgan fingerprint density at radius 1 is 1.37 bits per heavy atom. The Bertz CT molecular complexity index is 657. The summed E-state index contributed by atoms with van der Waals surface area (Å²) < 4.78 is 6.53. The van der Waals surface area contributed by atoms with Crippen LogP contribution >= 0.6 is 15.9 Å². The van der Waals surface area contributed by atoms with Crippen LogP contribution in [0.2, 0.25) is 0 Å². The van der Waals surface area contributed by atoms with Crippen LogP contribution in [0.15, 0.2) is 28.7 Å². The third kappa shape index (κ3) is 2.69. The van der Waals surface area contributed by atoms with Crippen LogP contribution in [0.4, 0.5) is 5.69 Å². The number of rotatable bonds is 2. The summed E-state index contributed by atoms with van der Waals surface area (Å²) in [5, 5.41) is 9.19. The molecule has 0 atom stereocenters. The zero-order chi connectivity index (χ0) is 14.0. The molecule has 1 aromatic carbocycles. The van der Waals surface area contributed by atoms with Gasteiger partial charge >= 0.3 is 0 Å². The van der Waals surface area contributed by atoms with E-state index >= 15 is 0 Å². The SMILES string of the molecule is Cc1cc(Oc2c(N)cccc2Br)c(C#N)c(C)n1. The van der Waals surface area contributed by atoms with Crippen LogP contribution in [-0.2, 0) is 0 Å². The summed E-state index contributed by atoms with van der Waals surface area (Å²) in [6, 6.07) is 9.23. The van der Waals surface area contributed by atoms with E-state index < -0.39 is 0 Å². The van der Waals surface area contributed by atoms with Gasteiger partial charge in [0.1, 0.15) is 17.4 Å². The highest BCUT2D eigenvalue weighted by Gasteiger charge is 2.13. The van der Waals surface area contributed by atoms with Crippen molar-refractivity contribution < 1.29 is 4.74 Å². The van der Waals surface area contributed by atoms with Crippen LogP contribution in [0, 0.1) is 25.2 Å². The first kappa shape index (κ1) is 13.4. The fraction of sp³-hybridized carbons (Fsp3) is 0.143. The van der Waals surface area contributed by atoms with Gasteiger partial charge in [0.2, 0.25) is 0 Å². The Labute approximate surface area is 120 Å². The van der Waals surface area contributed by atoms with Gasteiger partial charge in [-0.1, -0.05) is 6.07 Å². The monoisotopic (exact) mass is 317 g/mol. The summed E-state index contributed by atoms with van der Waals surface area (Å²) in [7, 11) is 0. The van der Waals surface area contributed by atoms with Crippen molar-refractivity contribution in [3.63, 3.8) is 0 Å². The Kier molecular flexibility index (Phi) is 3.72. The molecule has 4 nitrogen and oxygen atoms in total. The highest BCUT2D eigenvalue weighted by Crippen LogP contribution is 2.36. The maximum atomic E-state index is 9.19. The van der Waals surface area contributed by atoms with Gasteiger partial charge in [0.05, 0.1) is 15.9 Å². The third-order valence-corrected chi connectivity index (χ3v) is 3.24. The molecule has 0 bridgehead atoms. The van der Waals surface area contributed by atoms with Crippen LogP contribution in [0.5, 0.6) is 11.5 Å². The van der Waals surface area contributed by atoms with Crippen LogP contribution < -0.4 is 10.5 Å². The van der Waals surface area contributed by atoms with Gasteiger partial charge in [-0.3, -0.25) is 4.98 Å². The van der Waals surface area contributed by atoms with Crippen LogP contribution in [0.25, 0.3) is 0 Å². The summed E-state index contributed by atoms with van der Waals surface area (Å²) in [5.74, 6) is 0.968. The fourth-order valence-electron chi connectivity index (χ4n) is 1.75. The summed E-state index contributed by atoms with van der Waals surface area (Å²) >= 11 is 3.38. The lowest BCUT2D eigenvalue weighted by molar-refractivity contribution is 0.478. The van der Waals surface area contributed by atoms with Crippen molar-refractivity contribution in [1.82, 2.24) is 4.98 Å². The number of aryl methyl sites for hydroxylation is 2. The van der Waals surface area contributed by atoms with Gasteiger partial charge in [0, 0.05) is 11.8 Å². The maximum absolute atomic E-state index is 9.19. The predicted molar refractivity (Wildman–Crippen MR) is 77.1 cm³/mol. The number of hydrogen-bond acceptors (Lipinski definition) is 4. The third-order valence-electron chi connectivity index (χ3n) is 2.61. The Morgan fingerprint density at radius 2 is 2.11 bits per heavy atom. The molecule has 2 rings (SSSR count). The molecule has 0 saturated carbocycles. The predicted octanol–water partition coefficient (Wildman–Crippen LogP) is 3.71. The number of hydrogen-bond donors (Lipinski definition) is 1. The molecule has 0 saturated heterocycles. The van der Waals surface area contributed by atoms with E-state index in [1.54, 1.807) is 19.1 Å². The summed E-state index contributed by atoms with van der Waals surface area (Å²) in [6.45, 7) is 3.63. The zero-order valence-electron chi connectivity index (χ0n) is 10.6. The Hall–Kier alpha value is -2.06. The van der Waals surface area contributed by atoms with Gasteiger partial charge in [-0.2, -0.15) is 5.26 Å². The number of para-hydroxylation sites is 1. The van der Waals surface area contributed by atoms with E-state index in [2.05, 4.69) is 27.0 Å². The number of ether oxygens (including phenoxy) is 1. The standard InChI is InChI=1S/C14H12BrN3O/c1-8-6-13(10(7-16)9(2)18-8)19-14-11(15)4-3-5-12(14)17/h3-6H,17H2,1-2H3. The van der Waals surface area contributed by atoms with Gasteiger partial charge in [-0.25, -0.2) is 0 Å². The minimum atomic E-state index is 0.417. The van der Waals surface area contributed by atoms with E-state index in [-0.39, 0.29) is 0 Å². The normalized spacial score (nSPS) is 10.0. The second-order valence-corrected chi connectivity index (χ2v) is 4.95. The minimum Gasteiger partial charge on any atom is -0.452 e. The fourth-order valence-corrected chi connectivity index (χ4v) is 2.22. The molecule has 0 aliphatic rings. The van der Waals surface area contributed by atoms with Gasteiger partial charge in [-0.15, -0.1) is 0 Å². The molecule has 5 heteroatoms. The molecule has 0 amide bonds. The Morgan fingerprint density at radius 3 is 2.74 bits per heavy atom. The first-order valence-corrected chi connectivity index (χ1v) is 6.42. The number of anilines is 1. The molecule has 1 aromatic heterocycles. The summed E-state index contributed by atoms with van der Waals surface area (Å²) in [4.78, 5) is 4.25. The van der Waals surface area contributed by atoms with Crippen molar-refractivity contribution >= 4 is 21.6 Å². The van der Waals surface area contributed by atoms with E-state index in [0.29, 0.717) is 28.4 Å². The molecular formula is C14H12BrN3O. The molecule has 96 valence electrons. The number of aromatic nitrogens is 1. The number of pyridine rings is 1. The highest BCUT2D eigenvalue weighted by atomic mass is 79.9. The minimum absolute atomic E-state index is 0.417. The van der Waals surface area contributed by atoms with Crippen molar-refractivity contribution in [1.29, 1.82) is 5.26 Å². The van der Waals surface area contributed by atoms with Crippen molar-refractivity contribution in [3.8, 4) is 17.6 Å². The molecular weight excluding hydrogens is 306 g/mol. The van der Waals surface area contributed by atoms with E-state index in [0.717, 1.165) is 10.2 Å². The molecule has 0 aliphatic heterocycles. The number of halogens is 1. The van der Waals surface area contributed by atoms with Gasteiger partial charge < -0.3 is 10.5 Å². The number of nitrogen functional groups attached to an aromatic ring is 1. The zero-order valence-corrected chi connectivity index (χ0v) is 12.2.